The summed E-state index contributed by atoms with van der Waals surface area (Å²) in [7, 11) is 0. The average molecular weight is 512 g/mol. The van der Waals surface area contributed by atoms with Crippen molar-refractivity contribution in [1.82, 2.24) is 0 Å². The van der Waals surface area contributed by atoms with Gasteiger partial charge in [-0.15, -0.1) is 11.3 Å². The molecule has 1 N–H and O–H groups in total. The maximum atomic E-state index is 13.1. The van der Waals surface area contributed by atoms with Gasteiger partial charge in [-0.05, 0) is 68.0 Å². The average Bonchev–Trinajstić information content (AvgIpc) is 3.25. The van der Waals surface area contributed by atoms with Gasteiger partial charge in [-0.1, -0.05) is 24.3 Å². The summed E-state index contributed by atoms with van der Waals surface area (Å²) in [5, 5.41) is 3.14. The molecule has 0 saturated heterocycles. The van der Waals surface area contributed by atoms with Gasteiger partial charge >= 0.3 is 11.9 Å². The molecular formula is C27H26FNO6S. The van der Waals surface area contributed by atoms with Gasteiger partial charge in [0.2, 0.25) is 0 Å². The first-order valence-corrected chi connectivity index (χ1v) is 12.5. The largest absolute Gasteiger partial charge is 0.488 e. The second kappa shape index (κ2) is 11.8. The third-order valence-corrected chi connectivity index (χ3v) is 6.86. The Morgan fingerprint density at radius 1 is 0.972 bits per heavy atom. The number of fused-ring (bicyclic) bond motifs is 1. The number of aryl methyl sites for hydroxylation is 1. The molecule has 0 aliphatic heterocycles. The lowest BCUT2D eigenvalue weighted by Gasteiger charge is -2.12. The number of anilines is 1. The van der Waals surface area contributed by atoms with Gasteiger partial charge in [0.05, 0.1) is 12.2 Å². The second-order valence-corrected chi connectivity index (χ2v) is 9.28. The first kappa shape index (κ1) is 25.4. The summed E-state index contributed by atoms with van der Waals surface area (Å²) in [5.41, 5.74) is 2.22. The van der Waals surface area contributed by atoms with Crippen molar-refractivity contribution in [3.05, 3.63) is 81.5 Å². The highest BCUT2D eigenvalue weighted by Gasteiger charge is 2.27. The van der Waals surface area contributed by atoms with E-state index >= 15 is 0 Å². The number of ether oxygens (including phenoxy) is 3. The monoisotopic (exact) mass is 511 g/mol. The number of hydrogen-bond acceptors (Lipinski definition) is 7. The normalized spacial score (nSPS) is 12.4. The van der Waals surface area contributed by atoms with E-state index in [9.17, 15) is 18.8 Å². The Labute approximate surface area is 212 Å². The van der Waals surface area contributed by atoms with E-state index in [0.717, 1.165) is 41.7 Å². The Hall–Kier alpha value is -3.72. The van der Waals surface area contributed by atoms with Crippen LogP contribution in [-0.4, -0.2) is 31.1 Å². The molecule has 0 saturated carbocycles. The molecule has 0 unspecified atom stereocenters. The molecule has 0 atom stereocenters. The third-order valence-electron chi connectivity index (χ3n) is 5.65. The zero-order valence-electron chi connectivity index (χ0n) is 19.8. The molecule has 2 aromatic carbocycles. The molecule has 1 aliphatic rings. The second-order valence-electron chi connectivity index (χ2n) is 8.17. The first-order valence-electron chi connectivity index (χ1n) is 11.7. The minimum atomic E-state index is -0.726. The van der Waals surface area contributed by atoms with Crippen molar-refractivity contribution in [3.8, 4) is 5.75 Å². The quantitative estimate of drug-likeness (QED) is 0.391. The predicted molar refractivity (Wildman–Crippen MR) is 133 cm³/mol. The van der Waals surface area contributed by atoms with Crippen LogP contribution in [0.1, 0.15) is 56.5 Å². The molecule has 4 rings (SSSR count). The van der Waals surface area contributed by atoms with Crippen LogP contribution in [0.25, 0.3) is 0 Å². The minimum Gasteiger partial charge on any atom is -0.488 e. The van der Waals surface area contributed by atoms with Crippen LogP contribution >= 0.6 is 11.3 Å². The number of carbonyl (C=O) groups excluding carboxylic acids is 3. The summed E-state index contributed by atoms with van der Waals surface area (Å²) in [6.07, 6.45) is 3.62. The summed E-state index contributed by atoms with van der Waals surface area (Å²) in [4.78, 5) is 39.0. The molecule has 1 aromatic heterocycles. The molecule has 7 nitrogen and oxygen atoms in total. The number of para-hydroxylation sites is 1. The lowest BCUT2D eigenvalue weighted by molar-refractivity contribution is -0.119. The van der Waals surface area contributed by atoms with Crippen LogP contribution in [0.5, 0.6) is 5.75 Å². The lowest BCUT2D eigenvalue weighted by Crippen LogP contribution is -2.22. The summed E-state index contributed by atoms with van der Waals surface area (Å²) in [6, 6.07) is 12.3. The molecule has 0 spiro atoms. The number of benzene rings is 2. The molecule has 1 heterocycles. The van der Waals surface area contributed by atoms with Crippen LogP contribution < -0.4 is 10.1 Å². The van der Waals surface area contributed by atoms with Gasteiger partial charge < -0.3 is 19.5 Å². The summed E-state index contributed by atoms with van der Waals surface area (Å²) >= 11 is 1.37. The van der Waals surface area contributed by atoms with E-state index in [2.05, 4.69) is 5.32 Å². The number of amides is 1. The molecule has 0 fully saturated rings. The van der Waals surface area contributed by atoms with Gasteiger partial charge in [-0.2, -0.15) is 0 Å². The zero-order chi connectivity index (χ0) is 25.5. The third kappa shape index (κ3) is 6.09. The highest BCUT2D eigenvalue weighted by Crippen LogP contribution is 2.38. The number of esters is 2. The summed E-state index contributed by atoms with van der Waals surface area (Å²) in [6.45, 7) is 1.56. The smallest absolute Gasteiger partial charge is 0.342 e. The standard InChI is InChI=1S/C27H26FNO6S/c1-2-33-27(32)24-20-8-4-6-10-22(20)36-25(24)29-23(30)16-35-26(31)19-7-3-5-9-21(19)34-15-17-11-13-18(28)14-12-17/h3,5,7,9,11-14H,2,4,6,8,10,15-16H2,1H3,(H,29,30). The molecule has 1 aliphatic carbocycles. The SMILES string of the molecule is CCOC(=O)c1c(NC(=O)COC(=O)c2ccccc2OCc2ccc(F)cc2)sc2c1CCCC2. The molecular weight excluding hydrogens is 485 g/mol. The van der Waals surface area contributed by atoms with Crippen molar-refractivity contribution in [2.75, 3.05) is 18.5 Å². The summed E-state index contributed by atoms with van der Waals surface area (Å²) in [5.74, 6) is -1.81. The molecule has 0 bridgehead atoms. The van der Waals surface area contributed by atoms with Crippen LogP contribution in [0.4, 0.5) is 9.39 Å². The number of rotatable bonds is 9. The topological polar surface area (TPSA) is 90.9 Å². The van der Waals surface area contributed by atoms with E-state index in [1.165, 1.54) is 29.5 Å². The molecule has 0 radical (unpaired) electrons. The van der Waals surface area contributed by atoms with Crippen LogP contribution in [0.2, 0.25) is 0 Å². The molecule has 9 heteroatoms. The number of halogens is 1. The zero-order valence-corrected chi connectivity index (χ0v) is 20.6. The number of carbonyl (C=O) groups is 3. The number of hydrogen-bond donors (Lipinski definition) is 1. The Morgan fingerprint density at radius 3 is 2.50 bits per heavy atom. The maximum absolute atomic E-state index is 13.1. The van der Waals surface area contributed by atoms with Crippen molar-refractivity contribution in [3.63, 3.8) is 0 Å². The van der Waals surface area contributed by atoms with Gasteiger partial charge in [0, 0.05) is 4.88 Å². The van der Waals surface area contributed by atoms with Crippen molar-refractivity contribution >= 4 is 34.2 Å². The molecule has 1 amide bonds. The van der Waals surface area contributed by atoms with E-state index in [4.69, 9.17) is 14.2 Å². The summed E-state index contributed by atoms with van der Waals surface area (Å²) < 4.78 is 29.3. The fraction of sp³-hybridized carbons (Fsp3) is 0.296. The number of thiophene rings is 1. The van der Waals surface area contributed by atoms with E-state index in [1.807, 2.05) is 0 Å². The molecule has 3 aromatic rings. The Kier molecular flexibility index (Phi) is 8.32. The van der Waals surface area contributed by atoms with Gasteiger partial charge in [-0.25, -0.2) is 14.0 Å². The van der Waals surface area contributed by atoms with Crippen LogP contribution in [0, 0.1) is 5.82 Å². The Bertz CT molecular complexity index is 1250. The molecule has 36 heavy (non-hydrogen) atoms. The van der Waals surface area contributed by atoms with Crippen molar-refractivity contribution < 1.29 is 33.0 Å². The van der Waals surface area contributed by atoms with E-state index in [0.29, 0.717) is 10.6 Å². The fourth-order valence-electron chi connectivity index (χ4n) is 3.95. The van der Waals surface area contributed by atoms with Crippen molar-refractivity contribution in [1.29, 1.82) is 0 Å². The Morgan fingerprint density at radius 2 is 1.72 bits per heavy atom. The van der Waals surface area contributed by atoms with E-state index in [1.54, 1.807) is 37.3 Å². The van der Waals surface area contributed by atoms with Gasteiger partial charge in [0.25, 0.3) is 5.91 Å². The number of nitrogens with one attached hydrogen (secondary N) is 1. The first-order chi connectivity index (χ1) is 17.5. The van der Waals surface area contributed by atoms with Gasteiger partial charge in [-0.3, -0.25) is 4.79 Å². The minimum absolute atomic E-state index is 0.130. The van der Waals surface area contributed by atoms with E-state index in [-0.39, 0.29) is 30.3 Å². The lowest BCUT2D eigenvalue weighted by atomic mass is 9.95. The van der Waals surface area contributed by atoms with E-state index < -0.39 is 24.5 Å². The van der Waals surface area contributed by atoms with Crippen LogP contribution in [0.15, 0.2) is 48.5 Å². The molecule has 188 valence electrons. The predicted octanol–water partition coefficient (Wildman–Crippen LogP) is 5.32. The van der Waals surface area contributed by atoms with Crippen LogP contribution in [-0.2, 0) is 33.7 Å². The van der Waals surface area contributed by atoms with Crippen LogP contribution in [0.3, 0.4) is 0 Å². The highest BCUT2D eigenvalue weighted by molar-refractivity contribution is 7.17. The maximum Gasteiger partial charge on any atom is 0.342 e. The fourth-order valence-corrected chi connectivity index (χ4v) is 5.24. The van der Waals surface area contributed by atoms with Crippen molar-refractivity contribution in [2.24, 2.45) is 0 Å². The van der Waals surface area contributed by atoms with Gasteiger partial charge in [0.15, 0.2) is 6.61 Å². The van der Waals surface area contributed by atoms with Gasteiger partial charge in [0.1, 0.15) is 28.7 Å². The van der Waals surface area contributed by atoms with Crippen molar-refractivity contribution in [2.45, 2.75) is 39.2 Å². The highest BCUT2D eigenvalue weighted by atomic mass is 32.1. The Balaban J connectivity index is 1.39.